The third kappa shape index (κ3) is 7.08. The summed E-state index contributed by atoms with van der Waals surface area (Å²) in [6.45, 7) is 4.22. The summed E-state index contributed by atoms with van der Waals surface area (Å²) in [7, 11) is 0. The Morgan fingerprint density at radius 3 is 2.53 bits per heavy atom. The molecule has 1 aromatic rings. The van der Waals surface area contributed by atoms with Gasteiger partial charge in [0.2, 0.25) is 5.91 Å². The maximum atomic E-state index is 12.9. The molecule has 0 aliphatic heterocycles. The molecule has 0 aromatic heterocycles. The van der Waals surface area contributed by atoms with E-state index in [-0.39, 0.29) is 24.7 Å². The second-order valence-electron chi connectivity index (χ2n) is 4.03. The highest BCUT2D eigenvalue weighted by atomic mass is 35.5. The molecule has 0 spiro atoms. The lowest BCUT2D eigenvalue weighted by Crippen LogP contribution is -2.33. The molecule has 0 saturated carbocycles. The standard InChI is InChI=1S/C13H18F2N2O.ClH/c1-2-5-16-6-7-17-13(18)9-10-3-4-11(14)12(15)8-10;/h3-4,8,16H,2,5-7,9H2,1H3,(H,17,18);1H. The Morgan fingerprint density at radius 2 is 1.89 bits per heavy atom. The Bertz CT molecular complexity index is 402. The Morgan fingerprint density at radius 1 is 1.16 bits per heavy atom. The van der Waals surface area contributed by atoms with E-state index in [4.69, 9.17) is 0 Å². The number of carbonyl (C=O) groups excluding carboxylic acids is 1. The molecule has 0 radical (unpaired) electrons. The summed E-state index contributed by atoms with van der Waals surface area (Å²) in [4.78, 5) is 11.5. The molecule has 0 atom stereocenters. The fraction of sp³-hybridized carbons (Fsp3) is 0.462. The highest BCUT2D eigenvalue weighted by Gasteiger charge is 2.06. The molecule has 2 N–H and O–H groups in total. The number of benzene rings is 1. The van der Waals surface area contributed by atoms with Crippen molar-refractivity contribution in [3.05, 3.63) is 35.4 Å². The molecule has 3 nitrogen and oxygen atoms in total. The maximum absolute atomic E-state index is 12.9. The van der Waals surface area contributed by atoms with E-state index in [0.717, 1.165) is 25.1 Å². The van der Waals surface area contributed by atoms with Crippen LogP contribution in [0.4, 0.5) is 8.78 Å². The van der Waals surface area contributed by atoms with Gasteiger partial charge in [-0.1, -0.05) is 13.0 Å². The summed E-state index contributed by atoms with van der Waals surface area (Å²) in [5.41, 5.74) is 0.466. The maximum Gasteiger partial charge on any atom is 0.224 e. The normalized spacial score (nSPS) is 9.84. The highest BCUT2D eigenvalue weighted by Crippen LogP contribution is 2.08. The van der Waals surface area contributed by atoms with Gasteiger partial charge in [0.25, 0.3) is 0 Å². The summed E-state index contributed by atoms with van der Waals surface area (Å²) in [5.74, 6) is -2.02. The van der Waals surface area contributed by atoms with E-state index in [9.17, 15) is 13.6 Å². The lowest BCUT2D eigenvalue weighted by Gasteiger charge is -2.06. The minimum Gasteiger partial charge on any atom is -0.355 e. The number of halogens is 3. The molecule has 1 rings (SSSR count). The van der Waals surface area contributed by atoms with E-state index in [1.54, 1.807) is 0 Å². The van der Waals surface area contributed by atoms with Gasteiger partial charge in [-0.2, -0.15) is 0 Å². The number of carbonyl (C=O) groups is 1. The summed E-state index contributed by atoms with van der Waals surface area (Å²) < 4.78 is 25.6. The van der Waals surface area contributed by atoms with Crippen molar-refractivity contribution in [3.63, 3.8) is 0 Å². The van der Waals surface area contributed by atoms with Gasteiger partial charge in [-0.25, -0.2) is 8.78 Å². The number of amides is 1. The fourth-order valence-electron chi connectivity index (χ4n) is 1.49. The molecule has 108 valence electrons. The van der Waals surface area contributed by atoms with Crippen molar-refractivity contribution in [1.29, 1.82) is 0 Å². The van der Waals surface area contributed by atoms with Gasteiger partial charge < -0.3 is 10.6 Å². The Hall–Kier alpha value is -1.20. The van der Waals surface area contributed by atoms with Gasteiger partial charge in [-0.3, -0.25) is 4.79 Å². The zero-order valence-electron chi connectivity index (χ0n) is 10.8. The van der Waals surface area contributed by atoms with Crippen LogP contribution in [0.15, 0.2) is 18.2 Å². The molecule has 0 saturated heterocycles. The summed E-state index contributed by atoms with van der Waals surface area (Å²) in [6.07, 6.45) is 1.10. The number of hydrogen-bond acceptors (Lipinski definition) is 2. The molecular formula is C13H19ClF2N2O. The Labute approximate surface area is 118 Å². The first-order chi connectivity index (χ1) is 8.63. The molecule has 0 bridgehead atoms. The molecule has 0 aliphatic rings. The molecule has 1 aromatic carbocycles. The van der Waals surface area contributed by atoms with Crippen molar-refractivity contribution < 1.29 is 13.6 Å². The lowest BCUT2D eigenvalue weighted by atomic mass is 10.1. The van der Waals surface area contributed by atoms with Crippen molar-refractivity contribution in [1.82, 2.24) is 10.6 Å². The van der Waals surface area contributed by atoms with Crippen molar-refractivity contribution >= 4 is 18.3 Å². The average molecular weight is 293 g/mol. The first kappa shape index (κ1) is 17.8. The Balaban J connectivity index is 0.00000324. The summed E-state index contributed by atoms with van der Waals surface area (Å²) >= 11 is 0. The van der Waals surface area contributed by atoms with E-state index in [0.29, 0.717) is 18.7 Å². The predicted octanol–water partition coefficient (Wildman–Crippen LogP) is 2.04. The van der Waals surface area contributed by atoms with Crippen molar-refractivity contribution in [3.8, 4) is 0 Å². The van der Waals surface area contributed by atoms with Gasteiger partial charge in [0, 0.05) is 13.1 Å². The lowest BCUT2D eigenvalue weighted by molar-refractivity contribution is -0.120. The fourth-order valence-corrected chi connectivity index (χ4v) is 1.49. The van der Waals surface area contributed by atoms with Gasteiger partial charge in [0.1, 0.15) is 0 Å². The van der Waals surface area contributed by atoms with E-state index >= 15 is 0 Å². The summed E-state index contributed by atoms with van der Waals surface area (Å²) in [6, 6.07) is 3.48. The van der Waals surface area contributed by atoms with Crippen molar-refractivity contribution in [2.24, 2.45) is 0 Å². The number of hydrogen-bond donors (Lipinski definition) is 2. The molecule has 0 unspecified atom stereocenters. The van der Waals surface area contributed by atoms with Crippen LogP contribution in [-0.4, -0.2) is 25.5 Å². The number of rotatable bonds is 7. The van der Waals surface area contributed by atoms with Gasteiger partial charge in [-0.05, 0) is 30.7 Å². The molecular weight excluding hydrogens is 274 g/mol. The van der Waals surface area contributed by atoms with Crippen molar-refractivity contribution in [2.75, 3.05) is 19.6 Å². The minimum absolute atomic E-state index is 0. The highest BCUT2D eigenvalue weighted by molar-refractivity contribution is 5.85. The van der Waals surface area contributed by atoms with E-state index in [2.05, 4.69) is 17.6 Å². The number of nitrogens with one attached hydrogen (secondary N) is 2. The van der Waals surface area contributed by atoms with Crippen LogP contribution in [0.25, 0.3) is 0 Å². The van der Waals surface area contributed by atoms with Gasteiger partial charge in [-0.15, -0.1) is 12.4 Å². The van der Waals surface area contributed by atoms with Crippen LogP contribution in [0.2, 0.25) is 0 Å². The molecule has 1 amide bonds. The predicted molar refractivity (Wildman–Crippen MR) is 73.5 cm³/mol. The first-order valence-corrected chi connectivity index (χ1v) is 6.04. The van der Waals surface area contributed by atoms with Crippen LogP contribution in [-0.2, 0) is 11.2 Å². The van der Waals surface area contributed by atoms with E-state index in [1.807, 2.05) is 0 Å². The third-order valence-corrected chi connectivity index (χ3v) is 2.40. The molecule has 0 heterocycles. The van der Waals surface area contributed by atoms with Crippen LogP contribution < -0.4 is 10.6 Å². The van der Waals surface area contributed by atoms with Crippen LogP contribution in [0, 0.1) is 11.6 Å². The Kier molecular flexibility index (Phi) is 9.08. The van der Waals surface area contributed by atoms with E-state index < -0.39 is 11.6 Å². The van der Waals surface area contributed by atoms with Gasteiger partial charge >= 0.3 is 0 Å². The topological polar surface area (TPSA) is 41.1 Å². The molecule has 19 heavy (non-hydrogen) atoms. The zero-order chi connectivity index (χ0) is 13.4. The largest absolute Gasteiger partial charge is 0.355 e. The van der Waals surface area contributed by atoms with Gasteiger partial charge in [0.15, 0.2) is 11.6 Å². The molecule has 0 aliphatic carbocycles. The summed E-state index contributed by atoms with van der Waals surface area (Å²) in [5, 5.41) is 5.85. The zero-order valence-corrected chi connectivity index (χ0v) is 11.7. The SMILES string of the molecule is CCCNCCNC(=O)Cc1ccc(F)c(F)c1.Cl. The average Bonchev–Trinajstić information content (AvgIpc) is 2.34. The molecule has 0 fully saturated rings. The minimum atomic E-state index is -0.926. The molecule has 6 heteroatoms. The third-order valence-electron chi connectivity index (χ3n) is 2.40. The quantitative estimate of drug-likeness (QED) is 0.755. The van der Waals surface area contributed by atoms with Gasteiger partial charge in [0.05, 0.1) is 6.42 Å². The smallest absolute Gasteiger partial charge is 0.224 e. The monoisotopic (exact) mass is 292 g/mol. The van der Waals surface area contributed by atoms with Crippen LogP contribution in [0.3, 0.4) is 0 Å². The van der Waals surface area contributed by atoms with Crippen LogP contribution in [0.5, 0.6) is 0 Å². The van der Waals surface area contributed by atoms with E-state index in [1.165, 1.54) is 6.07 Å². The first-order valence-electron chi connectivity index (χ1n) is 6.04. The van der Waals surface area contributed by atoms with Crippen LogP contribution >= 0.6 is 12.4 Å². The second kappa shape index (κ2) is 9.69. The van der Waals surface area contributed by atoms with Crippen LogP contribution in [0.1, 0.15) is 18.9 Å². The second-order valence-corrected chi connectivity index (χ2v) is 4.03. The van der Waals surface area contributed by atoms with Crippen molar-refractivity contribution in [2.45, 2.75) is 19.8 Å².